The fourth-order valence-corrected chi connectivity index (χ4v) is 1.96. The fraction of sp³-hybridized carbons (Fsp3) is 0.545. The maximum absolute atomic E-state index is 11.8. The van der Waals surface area contributed by atoms with E-state index in [0.29, 0.717) is 12.4 Å². The highest BCUT2D eigenvalue weighted by Gasteiger charge is 2.34. The van der Waals surface area contributed by atoms with Gasteiger partial charge < -0.3 is 15.0 Å². The average molecular weight is 280 g/mol. The van der Waals surface area contributed by atoms with E-state index in [9.17, 15) is 9.59 Å². The van der Waals surface area contributed by atoms with Crippen molar-refractivity contribution in [1.82, 2.24) is 20.3 Å². The largest absolute Gasteiger partial charge is 0.467 e. The van der Waals surface area contributed by atoms with Crippen LogP contribution in [-0.4, -0.2) is 53.5 Å². The van der Waals surface area contributed by atoms with E-state index in [1.165, 1.54) is 7.11 Å². The Bertz CT molecular complexity index is 513. The monoisotopic (exact) mass is 280 g/mol. The highest BCUT2D eigenvalue weighted by molar-refractivity contribution is 6.04. The number of piperazine rings is 1. The van der Waals surface area contributed by atoms with Crippen molar-refractivity contribution in [1.29, 1.82) is 0 Å². The van der Waals surface area contributed by atoms with Gasteiger partial charge in [0.05, 0.1) is 7.11 Å². The number of methoxy groups -OCH3 is 1. The molecular formula is C11H16N6O3. The Balaban J connectivity index is 2.41. The first-order valence-corrected chi connectivity index (χ1v) is 6.17. The van der Waals surface area contributed by atoms with Crippen molar-refractivity contribution < 1.29 is 14.3 Å². The quantitative estimate of drug-likeness (QED) is 0.687. The second-order valence-corrected chi connectivity index (χ2v) is 4.16. The Morgan fingerprint density at radius 3 is 2.75 bits per heavy atom. The van der Waals surface area contributed by atoms with E-state index in [1.807, 2.05) is 6.92 Å². The molecule has 1 aromatic rings. The summed E-state index contributed by atoms with van der Waals surface area (Å²) >= 11 is 0. The summed E-state index contributed by atoms with van der Waals surface area (Å²) in [6, 6.07) is -0.378. The molecule has 0 radical (unpaired) electrons. The standard InChI is InChI=1S/C11H16N6O3/c1-4-6-8(19)13-7(18)5-17(6)10-14-9(12-2)15-11(16-10)20-3/h6H,4-5H2,1-3H3,(H,13,18,19)(H,12,14,15,16). The van der Waals surface area contributed by atoms with Gasteiger partial charge in [0, 0.05) is 7.05 Å². The number of carbonyl (C=O) groups is 2. The first kappa shape index (κ1) is 14.0. The minimum Gasteiger partial charge on any atom is -0.467 e. The molecule has 0 saturated carbocycles. The molecule has 0 spiro atoms. The SMILES string of the molecule is CCC1C(=O)NC(=O)CN1c1nc(NC)nc(OC)n1. The molecule has 108 valence electrons. The van der Waals surface area contributed by atoms with Crippen LogP contribution in [0.3, 0.4) is 0 Å². The molecular weight excluding hydrogens is 264 g/mol. The number of nitrogens with one attached hydrogen (secondary N) is 2. The number of ether oxygens (including phenoxy) is 1. The summed E-state index contributed by atoms with van der Waals surface area (Å²) in [7, 11) is 3.09. The number of hydrogen-bond acceptors (Lipinski definition) is 8. The number of carbonyl (C=O) groups excluding carboxylic acids is 2. The summed E-state index contributed by atoms with van der Waals surface area (Å²) in [5.41, 5.74) is 0. The Labute approximate surface area is 115 Å². The highest BCUT2D eigenvalue weighted by Crippen LogP contribution is 2.20. The summed E-state index contributed by atoms with van der Waals surface area (Å²) < 4.78 is 5.00. The Morgan fingerprint density at radius 1 is 1.40 bits per heavy atom. The van der Waals surface area contributed by atoms with Crippen molar-refractivity contribution in [3.8, 4) is 6.01 Å². The number of aromatic nitrogens is 3. The van der Waals surface area contributed by atoms with E-state index in [4.69, 9.17) is 4.74 Å². The van der Waals surface area contributed by atoms with Crippen molar-refractivity contribution in [3.05, 3.63) is 0 Å². The molecule has 1 aliphatic rings. The summed E-state index contributed by atoms with van der Waals surface area (Å²) in [6.07, 6.45) is 0.530. The highest BCUT2D eigenvalue weighted by atomic mass is 16.5. The van der Waals surface area contributed by atoms with E-state index in [2.05, 4.69) is 25.6 Å². The molecule has 9 nitrogen and oxygen atoms in total. The van der Waals surface area contributed by atoms with Gasteiger partial charge in [-0.2, -0.15) is 15.0 Å². The van der Waals surface area contributed by atoms with Gasteiger partial charge in [-0.1, -0.05) is 6.92 Å². The van der Waals surface area contributed by atoms with Gasteiger partial charge in [0.25, 0.3) is 0 Å². The normalized spacial score (nSPS) is 18.8. The Morgan fingerprint density at radius 2 is 2.15 bits per heavy atom. The number of hydrogen-bond donors (Lipinski definition) is 2. The van der Waals surface area contributed by atoms with E-state index in [-0.39, 0.29) is 30.3 Å². The number of nitrogens with zero attached hydrogens (tertiary/aromatic N) is 4. The van der Waals surface area contributed by atoms with Gasteiger partial charge in [-0.15, -0.1) is 0 Å². The predicted molar refractivity (Wildman–Crippen MR) is 70.5 cm³/mol. The molecule has 2 rings (SSSR count). The van der Waals surface area contributed by atoms with Gasteiger partial charge in [0.2, 0.25) is 23.7 Å². The molecule has 0 bridgehead atoms. The smallest absolute Gasteiger partial charge is 0.322 e. The van der Waals surface area contributed by atoms with Gasteiger partial charge in [-0.05, 0) is 6.42 Å². The zero-order chi connectivity index (χ0) is 14.7. The van der Waals surface area contributed by atoms with Crippen LogP contribution in [0.25, 0.3) is 0 Å². The van der Waals surface area contributed by atoms with Gasteiger partial charge in [-0.25, -0.2) is 0 Å². The van der Waals surface area contributed by atoms with Crippen molar-refractivity contribution in [3.63, 3.8) is 0 Å². The minimum atomic E-state index is -0.496. The first-order chi connectivity index (χ1) is 9.58. The van der Waals surface area contributed by atoms with E-state index >= 15 is 0 Å². The maximum atomic E-state index is 11.8. The molecule has 1 atom stereocenters. The topological polar surface area (TPSA) is 109 Å². The van der Waals surface area contributed by atoms with Crippen LogP contribution in [0.2, 0.25) is 0 Å². The maximum Gasteiger partial charge on any atom is 0.322 e. The molecule has 2 N–H and O–H groups in total. The van der Waals surface area contributed by atoms with Crippen LogP contribution < -0.4 is 20.3 Å². The molecule has 2 heterocycles. The van der Waals surface area contributed by atoms with Crippen LogP contribution in [0, 0.1) is 0 Å². The van der Waals surface area contributed by atoms with Crippen LogP contribution in [-0.2, 0) is 9.59 Å². The van der Waals surface area contributed by atoms with E-state index < -0.39 is 6.04 Å². The number of imide groups is 1. The number of anilines is 2. The minimum absolute atomic E-state index is 0.0145. The fourth-order valence-electron chi connectivity index (χ4n) is 1.96. The third kappa shape index (κ3) is 2.60. The molecule has 0 aromatic carbocycles. The molecule has 1 saturated heterocycles. The van der Waals surface area contributed by atoms with Crippen LogP contribution in [0.1, 0.15) is 13.3 Å². The summed E-state index contributed by atoms with van der Waals surface area (Å²) in [6.45, 7) is 1.87. The zero-order valence-electron chi connectivity index (χ0n) is 11.5. The first-order valence-electron chi connectivity index (χ1n) is 6.17. The molecule has 1 unspecified atom stereocenters. The summed E-state index contributed by atoms with van der Waals surface area (Å²) in [5, 5.41) is 5.08. The third-order valence-corrected chi connectivity index (χ3v) is 2.91. The van der Waals surface area contributed by atoms with Gasteiger partial charge in [0.1, 0.15) is 12.6 Å². The van der Waals surface area contributed by atoms with Crippen LogP contribution in [0.4, 0.5) is 11.9 Å². The molecule has 20 heavy (non-hydrogen) atoms. The van der Waals surface area contributed by atoms with E-state index in [0.717, 1.165) is 0 Å². The lowest BCUT2D eigenvalue weighted by Crippen LogP contribution is -2.58. The van der Waals surface area contributed by atoms with Crippen molar-refractivity contribution in [2.75, 3.05) is 30.9 Å². The Kier molecular flexibility index (Phi) is 3.97. The summed E-state index contributed by atoms with van der Waals surface area (Å²) in [5.74, 6) is -0.199. The summed E-state index contributed by atoms with van der Waals surface area (Å²) in [4.78, 5) is 37.2. The van der Waals surface area contributed by atoms with Gasteiger partial charge in [-0.3, -0.25) is 14.9 Å². The molecule has 9 heteroatoms. The number of rotatable bonds is 4. The van der Waals surface area contributed by atoms with Crippen molar-refractivity contribution in [2.45, 2.75) is 19.4 Å². The molecule has 1 aliphatic heterocycles. The Hall–Kier alpha value is -2.45. The van der Waals surface area contributed by atoms with E-state index in [1.54, 1.807) is 11.9 Å². The average Bonchev–Trinajstić information content (AvgIpc) is 2.45. The van der Waals surface area contributed by atoms with Gasteiger partial charge in [0.15, 0.2) is 0 Å². The lowest BCUT2D eigenvalue weighted by atomic mass is 10.1. The molecule has 2 amide bonds. The van der Waals surface area contributed by atoms with Gasteiger partial charge >= 0.3 is 6.01 Å². The lowest BCUT2D eigenvalue weighted by Gasteiger charge is -2.33. The molecule has 0 aliphatic carbocycles. The second kappa shape index (κ2) is 5.68. The lowest BCUT2D eigenvalue weighted by molar-refractivity contribution is -0.133. The molecule has 1 fully saturated rings. The van der Waals surface area contributed by atoms with Crippen molar-refractivity contribution in [2.24, 2.45) is 0 Å². The third-order valence-electron chi connectivity index (χ3n) is 2.91. The molecule has 1 aromatic heterocycles. The van der Waals surface area contributed by atoms with Crippen LogP contribution in [0.5, 0.6) is 6.01 Å². The van der Waals surface area contributed by atoms with Crippen LogP contribution in [0.15, 0.2) is 0 Å². The number of amides is 2. The van der Waals surface area contributed by atoms with Crippen molar-refractivity contribution >= 4 is 23.7 Å². The predicted octanol–water partition coefficient (Wildman–Crippen LogP) is -0.837. The second-order valence-electron chi connectivity index (χ2n) is 4.16. The zero-order valence-corrected chi connectivity index (χ0v) is 11.5. The van der Waals surface area contributed by atoms with Crippen LogP contribution >= 0.6 is 0 Å².